The lowest BCUT2D eigenvalue weighted by atomic mass is 10.2. The molecule has 0 saturated carbocycles. The van der Waals surface area contributed by atoms with E-state index in [1.807, 2.05) is 5.38 Å². The minimum atomic E-state index is -0.449. The van der Waals surface area contributed by atoms with E-state index >= 15 is 0 Å². The van der Waals surface area contributed by atoms with Crippen molar-refractivity contribution >= 4 is 35.2 Å². The SMILES string of the molecule is O=C(N/N=C\C=C\c1ccc([N+](=O)[O-])cc1)c1cccs1. The summed E-state index contributed by atoms with van der Waals surface area (Å²) in [4.78, 5) is 22.2. The van der Waals surface area contributed by atoms with Gasteiger partial charge < -0.3 is 0 Å². The first-order chi connectivity index (χ1) is 10.2. The number of rotatable bonds is 5. The zero-order valence-corrected chi connectivity index (χ0v) is 11.6. The summed E-state index contributed by atoms with van der Waals surface area (Å²) in [6, 6.07) is 9.62. The van der Waals surface area contributed by atoms with Gasteiger partial charge in [-0.05, 0) is 35.2 Å². The summed E-state index contributed by atoms with van der Waals surface area (Å²) < 4.78 is 0. The molecule has 2 aromatic rings. The number of carbonyl (C=O) groups excluding carboxylic acids is 1. The molecule has 0 atom stereocenters. The summed E-state index contributed by atoms with van der Waals surface area (Å²) in [6.07, 6.45) is 4.80. The van der Waals surface area contributed by atoms with Crippen LogP contribution in [0.25, 0.3) is 6.08 Å². The van der Waals surface area contributed by atoms with E-state index in [0.29, 0.717) is 4.88 Å². The number of non-ortho nitro benzene ring substituents is 1. The number of hydrogen-bond donors (Lipinski definition) is 1. The fraction of sp³-hybridized carbons (Fsp3) is 0. The molecule has 106 valence electrons. The molecule has 6 nitrogen and oxygen atoms in total. The maximum absolute atomic E-state index is 11.5. The molecular weight excluding hydrogens is 290 g/mol. The molecule has 0 saturated heterocycles. The van der Waals surface area contributed by atoms with Gasteiger partial charge in [0.2, 0.25) is 0 Å². The monoisotopic (exact) mass is 301 g/mol. The Bertz CT molecular complexity index is 676. The summed E-state index contributed by atoms with van der Waals surface area (Å²) in [7, 11) is 0. The van der Waals surface area contributed by atoms with Crippen LogP contribution < -0.4 is 5.43 Å². The number of allylic oxidation sites excluding steroid dienone is 1. The number of benzene rings is 1. The number of nitro benzene ring substituents is 1. The summed E-state index contributed by atoms with van der Waals surface area (Å²) in [6.45, 7) is 0. The summed E-state index contributed by atoms with van der Waals surface area (Å²) >= 11 is 1.34. The maximum atomic E-state index is 11.5. The number of amides is 1. The van der Waals surface area contributed by atoms with Crippen molar-refractivity contribution in [3.05, 3.63) is 68.4 Å². The number of thiophene rings is 1. The van der Waals surface area contributed by atoms with Gasteiger partial charge in [-0.3, -0.25) is 14.9 Å². The number of nitrogens with one attached hydrogen (secondary N) is 1. The van der Waals surface area contributed by atoms with Gasteiger partial charge in [0.25, 0.3) is 11.6 Å². The standard InChI is InChI=1S/C14H11N3O3S/c18-14(13-4-2-10-21-13)16-15-9-1-3-11-5-7-12(8-6-11)17(19)20/h1-10H,(H,16,18)/b3-1+,15-9-. The Morgan fingerprint density at radius 2 is 2.05 bits per heavy atom. The normalized spacial score (nSPS) is 11.0. The number of hydrogen-bond acceptors (Lipinski definition) is 5. The second-order valence-electron chi connectivity index (χ2n) is 3.90. The topological polar surface area (TPSA) is 84.6 Å². The smallest absolute Gasteiger partial charge is 0.266 e. The van der Waals surface area contributed by atoms with Gasteiger partial charge in [0.15, 0.2) is 0 Å². The molecule has 0 fully saturated rings. The Balaban J connectivity index is 1.86. The Hall–Kier alpha value is -2.80. The molecule has 1 heterocycles. The highest BCUT2D eigenvalue weighted by Crippen LogP contribution is 2.12. The molecular formula is C14H11N3O3S. The lowest BCUT2D eigenvalue weighted by Crippen LogP contribution is -2.15. The number of carbonyl (C=O) groups is 1. The molecule has 2 rings (SSSR count). The molecule has 0 bridgehead atoms. The average molecular weight is 301 g/mol. The van der Waals surface area contributed by atoms with Crippen molar-refractivity contribution in [2.24, 2.45) is 5.10 Å². The van der Waals surface area contributed by atoms with Crippen molar-refractivity contribution < 1.29 is 9.72 Å². The quantitative estimate of drug-likeness (QED) is 0.523. The van der Waals surface area contributed by atoms with Crippen molar-refractivity contribution in [2.75, 3.05) is 0 Å². The van der Waals surface area contributed by atoms with E-state index in [9.17, 15) is 14.9 Å². The lowest BCUT2D eigenvalue weighted by Gasteiger charge is -1.94. The molecule has 1 aromatic heterocycles. The van der Waals surface area contributed by atoms with Gasteiger partial charge in [0.1, 0.15) is 0 Å². The second kappa shape index (κ2) is 7.11. The lowest BCUT2D eigenvalue weighted by molar-refractivity contribution is -0.384. The molecule has 0 aliphatic carbocycles. The first kappa shape index (κ1) is 14.6. The fourth-order valence-corrected chi connectivity index (χ4v) is 2.08. The molecule has 21 heavy (non-hydrogen) atoms. The predicted octanol–water partition coefficient (Wildman–Crippen LogP) is 3.09. The Morgan fingerprint density at radius 1 is 1.29 bits per heavy atom. The van der Waals surface area contributed by atoms with Crippen LogP contribution in [0.1, 0.15) is 15.2 Å². The Kier molecular flexibility index (Phi) is 4.94. The summed E-state index contributed by atoms with van der Waals surface area (Å²) in [5.41, 5.74) is 3.24. The van der Waals surface area contributed by atoms with Crippen LogP contribution in [-0.4, -0.2) is 17.0 Å². The van der Waals surface area contributed by atoms with E-state index in [1.165, 1.54) is 29.7 Å². The van der Waals surface area contributed by atoms with Gasteiger partial charge >= 0.3 is 0 Å². The average Bonchev–Trinajstić information content (AvgIpc) is 3.01. The third-order valence-electron chi connectivity index (χ3n) is 2.46. The van der Waals surface area contributed by atoms with Crippen molar-refractivity contribution in [1.29, 1.82) is 0 Å². The van der Waals surface area contributed by atoms with Crippen molar-refractivity contribution in [1.82, 2.24) is 5.43 Å². The highest BCUT2D eigenvalue weighted by Gasteiger charge is 2.03. The van der Waals surface area contributed by atoms with E-state index in [1.54, 1.807) is 36.4 Å². The number of hydrazone groups is 1. The highest BCUT2D eigenvalue weighted by atomic mass is 32.1. The van der Waals surface area contributed by atoms with Gasteiger partial charge in [-0.25, -0.2) is 5.43 Å². The van der Waals surface area contributed by atoms with E-state index in [-0.39, 0.29) is 11.6 Å². The first-order valence-electron chi connectivity index (χ1n) is 5.95. The minimum absolute atomic E-state index is 0.0454. The molecule has 0 unspecified atom stereocenters. The van der Waals surface area contributed by atoms with Crippen LogP contribution in [0.4, 0.5) is 5.69 Å². The van der Waals surface area contributed by atoms with Crippen LogP contribution in [0.2, 0.25) is 0 Å². The van der Waals surface area contributed by atoms with Gasteiger partial charge in [-0.2, -0.15) is 5.10 Å². The number of nitro groups is 1. The molecule has 1 N–H and O–H groups in total. The molecule has 0 aliphatic heterocycles. The van der Waals surface area contributed by atoms with E-state index in [0.717, 1.165) is 5.56 Å². The molecule has 0 spiro atoms. The molecule has 7 heteroatoms. The van der Waals surface area contributed by atoms with Crippen LogP contribution in [-0.2, 0) is 0 Å². The third-order valence-corrected chi connectivity index (χ3v) is 3.33. The zero-order valence-electron chi connectivity index (χ0n) is 10.8. The number of nitrogens with zero attached hydrogens (tertiary/aromatic N) is 2. The van der Waals surface area contributed by atoms with Crippen LogP contribution in [0.15, 0.2) is 53.0 Å². The summed E-state index contributed by atoms with van der Waals surface area (Å²) in [5, 5.41) is 16.1. The van der Waals surface area contributed by atoms with E-state index < -0.39 is 4.92 Å². The molecule has 0 aliphatic rings. The predicted molar refractivity (Wildman–Crippen MR) is 82.4 cm³/mol. The zero-order chi connectivity index (χ0) is 15.1. The second-order valence-corrected chi connectivity index (χ2v) is 4.85. The Morgan fingerprint density at radius 3 is 2.67 bits per heavy atom. The largest absolute Gasteiger partial charge is 0.281 e. The maximum Gasteiger partial charge on any atom is 0.281 e. The Labute approximate surface area is 124 Å². The van der Waals surface area contributed by atoms with Crippen LogP contribution >= 0.6 is 11.3 Å². The molecule has 1 aromatic carbocycles. The van der Waals surface area contributed by atoms with Crippen LogP contribution in [0.5, 0.6) is 0 Å². The minimum Gasteiger partial charge on any atom is -0.266 e. The van der Waals surface area contributed by atoms with Crippen molar-refractivity contribution in [3.63, 3.8) is 0 Å². The van der Waals surface area contributed by atoms with Crippen molar-refractivity contribution in [2.45, 2.75) is 0 Å². The third kappa shape index (κ3) is 4.36. The first-order valence-corrected chi connectivity index (χ1v) is 6.83. The molecule has 0 radical (unpaired) electrons. The van der Waals surface area contributed by atoms with Gasteiger partial charge in [-0.15, -0.1) is 11.3 Å². The van der Waals surface area contributed by atoms with Crippen LogP contribution in [0.3, 0.4) is 0 Å². The van der Waals surface area contributed by atoms with Gasteiger partial charge in [0.05, 0.1) is 9.80 Å². The molecule has 1 amide bonds. The van der Waals surface area contributed by atoms with Gasteiger partial charge in [-0.1, -0.05) is 12.1 Å². The van der Waals surface area contributed by atoms with Crippen molar-refractivity contribution in [3.8, 4) is 0 Å². The summed E-state index contributed by atoms with van der Waals surface area (Å²) in [5.74, 6) is -0.259. The van der Waals surface area contributed by atoms with Crippen LogP contribution in [0, 0.1) is 10.1 Å². The fourth-order valence-electron chi connectivity index (χ4n) is 1.46. The van der Waals surface area contributed by atoms with E-state index in [2.05, 4.69) is 10.5 Å². The highest BCUT2D eigenvalue weighted by molar-refractivity contribution is 7.12. The van der Waals surface area contributed by atoms with E-state index in [4.69, 9.17) is 0 Å². The van der Waals surface area contributed by atoms with Gasteiger partial charge in [0, 0.05) is 18.3 Å².